The van der Waals surface area contributed by atoms with Gasteiger partial charge in [0, 0.05) is 31.9 Å². The topological polar surface area (TPSA) is 35.6 Å². The molecule has 3 aromatic rings. The monoisotopic (exact) mass is 469 g/mol. The number of amides is 1. The van der Waals surface area contributed by atoms with Gasteiger partial charge in [-0.05, 0) is 35.9 Å². The van der Waals surface area contributed by atoms with Crippen LogP contribution in [0.25, 0.3) is 0 Å². The van der Waals surface area contributed by atoms with Crippen molar-refractivity contribution in [1.29, 1.82) is 0 Å². The zero-order chi connectivity index (χ0) is 21.6. The molecule has 1 heterocycles. The average molecular weight is 470 g/mol. The van der Waals surface area contributed by atoms with E-state index in [0.29, 0.717) is 10.7 Å². The van der Waals surface area contributed by atoms with Crippen LogP contribution in [0.5, 0.6) is 0 Å². The summed E-state index contributed by atoms with van der Waals surface area (Å²) in [4.78, 5) is 18.1. The number of halogens is 2. The van der Waals surface area contributed by atoms with Crippen LogP contribution >= 0.6 is 24.0 Å². The first-order chi connectivity index (χ1) is 15.2. The number of carbonyl (C=O) groups is 1. The quantitative estimate of drug-likeness (QED) is 0.504. The fourth-order valence-corrected chi connectivity index (χ4v) is 4.45. The molecule has 1 aliphatic heterocycles. The van der Waals surface area contributed by atoms with Crippen LogP contribution in [0.3, 0.4) is 0 Å². The van der Waals surface area contributed by atoms with Gasteiger partial charge in [0.2, 0.25) is 5.91 Å². The Morgan fingerprint density at radius 2 is 1.47 bits per heavy atom. The number of rotatable bonds is 6. The molecule has 0 saturated carbocycles. The molecule has 1 fully saturated rings. The molecule has 32 heavy (non-hydrogen) atoms. The summed E-state index contributed by atoms with van der Waals surface area (Å²) in [6, 6.07) is 25.5. The van der Waals surface area contributed by atoms with E-state index in [-0.39, 0.29) is 24.2 Å². The Hall–Kier alpha value is -2.53. The third-order valence-corrected chi connectivity index (χ3v) is 6.21. The van der Waals surface area contributed by atoms with Gasteiger partial charge in [0.1, 0.15) is 0 Å². The number of carbonyl (C=O) groups excluding carboxylic acids is 1. The van der Waals surface area contributed by atoms with Gasteiger partial charge < -0.3 is 15.1 Å². The number of hydrogen-bond acceptors (Lipinski definition) is 3. The fraction of sp³-hybridized carbons (Fsp3) is 0.269. The van der Waals surface area contributed by atoms with Gasteiger partial charge in [0.05, 0.1) is 16.6 Å². The average Bonchev–Trinajstić information content (AvgIpc) is 2.81. The van der Waals surface area contributed by atoms with Crippen LogP contribution in [0.2, 0.25) is 5.02 Å². The third kappa shape index (κ3) is 5.63. The van der Waals surface area contributed by atoms with Gasteiger partial charge >= 0.3 is 0 Å². The van der Waals surface area contributed by atoms with E-state index in [9.17, 15) is 4.79 Å². The summed E-state index contributed by atoms with van der Waals surface area (Å²) in [6.45, 7) is 7.28. The van der Waals surface area contributed by atoms with Crippen LogP contribution < -0.4 is 10.2 Å². The summed E-state index contributed by atoms with van der Waals surface area (Å²) >= 11 is 6.62. The lowest BCUT2D eigenvalue weighted by atomic mass is 9.90. The maximum absolute atomic E-state index is 13.3. The summed E-state index contributed by atoms with van der Waals surface area (Å²) in [5.74, 6) is -0.458. The molecule has 1 saturated heterocycles. The van der Waals surface area contributed by atoms with Crippen molar-refractivity contribution < 1.29 is 4.79 Å². The van der Waals surface area contributed by atoms with E-state index in [2.05, 4.69) is 22.0 Å². The Morgan fingerprint density at radius 3 is 1.97 bits per heavy atom. The zero-order valence-corrected chi connectivity index (χ0v) is 19.8. The van der Waals surface area contributed by atoms with Crippen LogP contribution in [0.4, 0.5) is 11.4 Å². The van der Waals surface area contributed by atoms with Gasteiger partial charge in [0.25, 0.3) is 0 Å². The Balaban J connectivity index is 0.00000289. The molecule has 0 bridgehead atoms. The first kappa shape index (κ1) is 24.1. The SMILES string of the molecule is CCN1CCN(c2ccc(NC(=O)C(c3ccccc3)c3ccccc3)cc2Cl)CC1.Cl. The van der Waals surface area contributed by atoms with E-state index in [0.717, 1.165) is 49.5 Å². The van der Waals surface area contributed by atoms with Crippen LogP contribution in [-0.2, 0) is 4.79 Å². The number of anilines is 2. The van der Waals surface area contributed by atoms with E-state index >= 15 is 0 Å². The van der Waals surface area contributed by atoms with Crippen molar-refractivity contribution in [2.75, 3.05) is 42.9 Å². The first-order valence-corrected chi connectivity index (χ1v) is 11.2. The van der Waals surface area contributed by atoms with Crippen LogP contribution in [-0.4, -0.2) is 43.5 Å². The molecule has 4 nitrogen and oxygen atoms in total. The molecule has 0 spiro atoms. The van der Waals surface area contributed by atoms with E-state index in [1.54, 1.807) is 0 Å². The van der Waals surface area contributed by atoms with Crippen molar-refractivity contribution in [1.82, 2.24) is 4.90 Å². The molecule has 1 N–H and O–H groups in total. The molecule has 0 aromatic heterocycles. The largest absolute Gasteiger partial charge is 0.368 e. The second kappa shape index (κ2) is 11.4. The van der Waals surface area contributed by atoms with Crippen molar-refractivity contribution in [2.24, 2.45) is 0 Å². The molecular weight excluding hydrogens is 441 g/mol. The highest BCUT2D eigenvalue weighted by atomic mass is 35.5. The molecule has 3 aromatic carbocycles. The number of likely N-dealkylation sites (N-methyl/N-ethyl adjacent to an activating group) is 1. The highest BCUT2D eigenvalue weighted by molar-refractivity contribution is 6.33. The summed E-state index contributed by atoms with van der Waals surface area (Å²) in [7, 11) is 0. The predicted molar refractivity (Wildman–Crippen MR) is 136 cm³/mol. The fourth-order valence-electron chi connectivity index (χ4n) is 4.15. The molecule has 6 heteroatoms. The van der Waals surface area contributed by atoms with Crippen LogP contribution in [0, 0.1) is 0 Å². The standard InChI is InChI=1S/C26H28ClN3O.ClH/c1-2-29-15-17-30(18-16-29)24-14-13-22(19-23(24)27)28-26(31)25(20-9-5-3-6-10-20)21-11-7-4-8-12-21;/h3-14,19,25H,2,15-18H2,1H3,(H,28,31);1H. The van der Waals surface area contributed by atoms with Gasteiger partial charge in [-0.25, -0.2) is 0 Å². The molecule has 1 aliphatic rings. The minimum absolute atomic E-state index is 0. The minimum Gasteiger partial charge on any atom is -0.368 e. The number of benzene rings is 3. The maximum Gasteiger partial charge on any atom is 0.236 e. The summed E-state index contributed by atoms with van der Waals surface area (Å²) in [5.41, 5.74) is 3.66. The van der Waals surface area contributed by atoms with Crippen molar-refractivity contribution in [3.8, 4) is 0 Å². The maximum atomic E-state index is 13.3. The Bertz CT molecular complexity index is 967. The Morgan fingerprint density at radius 1 is 0.906 bits per heavy atom. The van der Waals surface area contributed by atoms with Crippen molar-refractivity contribution in [3.63, 3.8) is 0 Å². The zero-order valence-electron chi connectivity index (χ0n) is 18.2. The molecule has 0 atom stereocenters. The van der Waals surface area contributed by atoms with Gasteiger partial charge in [-0.15, -0.1) is 12.4 Å². The van der Waals surface area contributed by atoms with Crippen molar-refractivity contribution in [3.05, 3.63) is 95.0 Å². The predicted octanol–water partition coefficient (Wildman–Crippen LogP) is 5.67. The van der Waals surface area contributed by atoms with Crippen LogP contribution in [0.1, 0.15) is 24.0 Å². The lowest BCUT2D eigenvalue weighted by Crippen LogP contribution is -2.46. The molecule has 0 aliphatic carbocycles. The molecule has 0 radical (unpaired) electrons. The van der Waals surface area contributed by atoms with Gasteiger partial charge in [-0.2, -0.15) is 0 Å². The summed E-state index contributed by atoms with van der Waals surface area (Å²) in [5, 5.41) is 3.74. The first-order valence-electron chi connectivity index (χ1n) is 10.8. The van der Waals surface area contributed by atoms with Gasteiger partial charge in [0.15, 0.2) is 0 Å². The molecule has 1 amide bonds. The highest BCUT2D eigenvalue weighted by Crippen LogP contribution is 2.31. The summed E-state index contributed by atoms with van der Waals surface area (Å²) < 4.78 is 0. The molecule has 168 valence electrons. The van der Waals surface area contributed by atoms with E-state index in [1.165, 1.54) is 0 Å². The van der Waals surface area contributed by atoms with E-state index in [4.69, 9.17) is 11.6 Å². The second-order valence-corrected chi connectivity index (χ2v) is 8.24. The minimum atomic E-state index is -0.386. The molecule has 4 rings (SSSR count). The number of nitrogens with zero attached hydrogens (tertiary/aromatic N) is 2. The van der Waals surface area contributed by atoms with E-state index in [1.807, 2.05) is 78.9 Å². The number of piperazine rings is 1. The summed E-state index contributed by atoms with van der Waals surface area (Å²) in [6.07, 6.45) is 0. The molecular formula is C26H29Cl2N3O. The van der Waals surface area contributed by atoms with Crippen molar-refractivity contribution >= 4 is 41.3 Å². The molecule has 0 unspecified atom stereocenters. The number of hydrogen-bond donors (Lipinski definition) is 1. The Kier molecular flexibility index (Phi) is 8.57. The Labute approximate surface area is 201 Å². The van der Waals surface area contributed by atoms with Crippen molar-refractivity contribution in [2.45, 2.75) is 12.8 Å². The smallest absolute Gasteiger partial charge is 0.236 e. The number of nitrogens with one attached hydrogen (secondary N) is 1. The lowest BCUT2D eigenvalue weighted by molar-refractivity contribution is -0.116. The highest BCUT2D eigenvalue weighted by Gasteiger charge is 2.23. The second-order valence-electron chi connectivity index (χ2n) is 7.83. The van der Waals surface area contributed by atoms with Gasteiger partial charge in [-0.3, -0.25) is 4.79 Å². The van der Waals surface area contributed by atoms with Gasteiger partial charge in [-0.1, -0.05) is 79.2 Å². The lowest BCUT2D eigenvalue weighted by Gasteiger charge is -2.36. The van der Waals surface area contributed by atoms with E-state index < -0.39 is 0 Å². The third-order valence-electron chi connectivity index (χ3n) is 5.90. The normalized spacial score (nSPS) is 14.2. The van der Waals surface area contributed by atoms with Crippen LogP contribution in [0.15, 0.2) is 78.9 Å².